The SMILES string of the molecule is Cc1ccc(NC(=S)Nc2cccc(SCC(=O)Nc3ccc(C)c(C)c3)c2)cc1. The number of thiocarbonyl (C=S) groups is 1. The molecule has 154 valence electrons. The van der Waals surface area contributed by atoms with Crippen molar-refractivity contribution in [2.75, 3.05) is 21.7 Å². The minimum Gasteiger partial charge on any atom is -0.332 e. The van der Waals surface area contributed by atoms with Gasteiger partial charge in [-0.3, -0.25) is 4.79 Å². The fourth-order valence-electron chi connectivity index (χ4n) is 2.76. The van der Waals surface area contributed by atoms with Crippen LogP contribution < -0.4 is 16.0 Å². The summed E-state index contributed by atoms with van der Waals surface area (Å²) in [5, 5.41) is 9.84. The van der Waals surface area contributed by atoms with E-state index in [9.17, 15) is 4.79 Å². The largest absolute Gasteiger partial charge is 0.332 e. The Bertz CT molecular complexity index is 1050. The second-order valence-electron chi connectivity index (χ2n) is 7.11. The van der Waals surface area contributed by atoms with Crippen molar-refractivity contribution in [3.8, 4) is 0 Å². The number of thioether (sulfide) groups is 1. The van der Waals surface area contributed by atoms with E-state index in [1.165, 1.54) is 22.9 Å². The minimum absolute atomic E-state index is 0.0295. The molecule has 1 amide bonds. The Labute approximate surface area is 187 Å². The van der Waals surface area contributed by atoms with Gasteiger partial charge in [0.2, 0.25) is 5.91 Å². The third-order valence-corrected chi connectivity index (χ3v) is 5.76. The van der Waals surface area contributed by atoms with Gasteiger partial charge < -0.3 is 16.0 Å². The maximum atomic E-state index is 12.3. The second-order valence-corrected chi connectivity index (χ2v) is 8.57. The summed E-state index contributed by atoms with van der Waals surface area (Å²) in [6.07, 6.45) is 0. The number of anilines is 3. The highest BCUT2D eigenvalue weighted by atomic mass is 32.2. The lowest BCUT2D eigenvalue weighted by molar-refractivity contribution is -0.113. The Morgan fingerprint density at radius 2 is 1.47 bits per heavy atom. The fraction of sp³-hybridized carbons (Fsp3) is 0.167. The average molecular weight is 436 g/mol. The van der Waals surface area contributed by atoms with Crippen molar-refractivity contribution in [2.45, 2.75) is 25.7 Å². The molecule has 0 radical (unpaired) electrons. The lowest BCUT2D eigenvalue weighted by atomic mass is 10.1. The van der Waals surface area contributed by atoms with Crippen molar-refractivity contribution in [3.05, 3.63) is 83.4 Å². The van der Waals surface area contributed by atoms with Crippen LogP contribution in [-0.2, 0) is 4.79 Å². The summed E-state index contributed by atoms with van der Waals surface area (Å²) in [5.74, 6) is 0.306. The van der Waals surface area contributed by atoms with E-state index in [1.807, 2.05) is 80.6 Å². The number of hydrogen-bond donors (Lipinski definition) is 3. The Hall–Kier alpha value is -2.83. The first kappa shape index (κ1) is 21.9. The van der Waals surface area contributed by atoms with Crippen molar-refractivity contribution in [3.63, 3.8) is 0 Å². The fourth-order valence-corrected chi connectivity index (χ4v) is 3.75. The molecule has 0 saturated carbocycles. The predicted octanol–water partition coefficient (Wildman–Crippen LogP) is 6.15. The van der Waals surface area contributed by atoms with Gasteiger partial charge in [-0.05, 0) is 86.6 Å². The van der Waals surface area contributed by atoms with E-state index in [0.717, 1.165) is 27.5 Å². The smallest absolute Gasteiger partial charge is 0.234 e. The number of nitrogens with one attached hydrogen (secondary N) is 3. The molecule has 3 aromatic rings. The molecule has 3 aromatic carbocycles. The molecule has 4 nitrogen and oxygen atoms in total. The third-order valence-electron chi connectivity index (χ3n) is 4.56. The lowest BCUT2D eigenvalue weighted by Crippen LogP contribution is -2.19. The Kier molecular flexibility index (Phi) is 7.49. The molecule has 0 heterocycles. The zero-order valence-corrected chi connectivity index (χ0v) is 18.9. The number of aryl methyl sites for hydroxylation is 3. The molecule has 0 aliphatic rings. The summed E-state index contributed by atoms with van der Waals surface area (Å²) >= 11 is 6.89. The van der Waals surface area contributed by atoms with Gasteiger partial charge in [0, 0.05) is 22.0 Å². The molecule has 0 aliphatic heterocycles. The molecule has 6 heteroatoms. The summed E-state index contributed by atoms with van der Waals surface area (Å²) in [4.78, 5) is 13.3. The maximum Gasteiger partial charge on any atom is 0.234 e. The van der Waals surface area contributed by atoms with E-state index in [2.05, 4.69) is 22.9 Å². The van der Waals surface area contributed by atoms with Crippen LogP contribution in [0.4, 0.5) is 17.1 Å². The van der Waals surface area contributed by atoms with Crippen LogP contribution in [0.5, 0.6) is 0 Å². The van der Waals surface area contributed by atoms with Gasteiger partial charge in [0.1, 0.15) is 0 Å². The van der Waals surface area contributed by atoms with Crippen LogP contribution >= 0.6 is 24.0 Å². The Balaban J connectivity index is 1.52. The first-order valence-corrected chi connectivity index (χ1v) is 11.0. The average Bonchev–Trinajstić information content (AvgIpc) is 2.71. The molecule has 0 spiro atoms. The Morgan fingerprint density at radius 3 is 2.20 bits per heavy atom. The van der Waals surface area contributed by atoms with E-state index >= 15 is 0 Å². The summed E-state index contributed by atoms with van der Waals surface area (Å²) in [6, 6.07) is 21.8. The molecule has 30 heavy (non-hydrogen) atoms. The van der Waals surface area contributed by atoms with Crippen LogP contribution in [0.2, 0.25) is 0 Å². The number of carbonyl (C=O) groups excluding carboxylic acids is 1. The van der Waals surface area contributed by atoms with Crippen LogP contribution in [0.1, 0.15) is 16.7 Å². The molecule has 0 unspecified atom stereocenters. The number of carbonyl (C=O) groups is 1. The van der Waals surface area contributed by atoms with E-state index in [1.54, 1.807) is 0 Å². The molecule has 0 saturated heterocycles. The lowest BCUT2D eigenvalue weighted by Gasteiger charge is -2.12. The van der Waals surface area contributed by atoms with Gasteiger partial charge in [-0.15, -0.1) is 11.8 Å². The summed E-state index contributed by atoms with van der Waals surface area (Å²) < 4.78 is 0. The van der Waals surface area contributed by atoms with Gasteiger partial charge in [0.05, 0.1) is 5.75 Å². The zero-order valence-electron chi connectivity index (χ0n) is 17.3. The molecule has 3 N–H and O–H groups in total. The first-order valence-electron chi connectivity index (χ1n) is 9.64. The quantitative estimate of drug-likeness (QED) is 0.320. The molecular weight excluding hydrogens is 410 g/mol. The highest BCUT2D eigenvalue weighted by Crippen LogP contribution is 2.22. The van der Waals surface area contributed by atoms with Crippen LogP contribution in [0.15, 0.2) is 71.6 Å². The van der Waals surface area contributed by atoms with Gasteiger partial charge in [-0.2, -0.15) is 0 Å². The van der Waals surface area contributed by atoms with Crippen molar-refractivity contribution < 1.29 is 4.79 Å². The highest BCUT2D eigenvalue weighted by molar-refractivity contribution is 8.00. The molecule has 0 bridgehead atoms. The molecule has 0 aromatic heterocycles. The summed E-state index contributed by atoms with van der Waals surface area (Å²) in [6.45, 7) is 6.14. The van der Waals surface area contributed by atoms with Crippen molar-refractivity contribution >= 4 is 52.1 Å². The summed E-state index contributed by atoms with van der Waals surface area (Å²) in [5.41, 5.74) is 6.21. The van der Waals surface area contributed by atoms with Gasteiger partial charge in [-0.1, -0.05) is 29.8 Å². The monoisotopic (exact) mass is 435 g/mol. The first-order chi connectivity index (χ1) is 14.4. The molecule has 3 rings (SSSR count). The Morgan fingerprint density at radius 1 is 0.800 bits per heavy atom. The highest BCUT2D eigenvalue weighted by Gasteiger charge is 2.06. The number of amides is 1. The molecule has 0 atom stereocenters. The maximum absolute atomic E-state index is 12.3. The van der Waals surface area contributed by atoms with E-state index < -0.39 is 0 Å². The second kappa shape index (κ2) is 10.3. The minimum atomic E-state index is -0.0295. The van der Waals surface area contributed by atoms with Crippen molar-refractivity contribution in [1.29, 1.82) is 0 Å². The van der Waals surface area contributed by atoms with E-state index in [-0.39, 0.29) is 5.91 Å². The topological polar surface area (TPSA) is 53.2 Å². The molecular formula is C24H25N3OS2. The van der Waals surface area contributed by atoms with Crippen LogP contribution in [0.3, 0.4) is 0 Å². The van der Waals surface area contributed by atoms with Gasteiger partial charge in [-0.25, -0.2) is 0 Å². The van der Waals surface area contributed by atoms with E-state index in [4.69, 9.17) is 12.2 Å². The van der Waals surface area contributed by atoms with Gasteiger partial charge >= 0.3 is 0 Å². The zero-order chi connectivity index (χ0) is 21.5. The van der Waals surface area contributed by atoms with Crippen molar-refractivity contribution in [2.24, 2.45) is 0 Å². The summed E-state index contributed by atoms with van der Waals surface area (Å²) in [7, 11) is 0. The number of hydrogen-bond acceptors (Lipinski definition) is 3. The third kappa shape index (κ3) is 6.61. The van der Waals surface area contributed by atoms with Crippen LogP contribution in [-0.4, -0.2) is 16.8 Å². The van der Waals surface area contributed by atoms with Gasteiger partial charge in [0.25, 0.3) is 0 Å². The van der Waals surface area contributed by atoms with Crippen LogP contribution in [0, 0.1) is 20.8 Å². The number of rotatable bonds is 6. The number of benzene rings is 3. The van der Waals surface area contributed by atoms with Crippen LogP contribution in [0.25, 0.3) is 0 Å². The van der Waals surface area contributed by atoms with E-state index in [0.29, 0.717) is 10.9 Å². The molecule has 0 fully saturated rings. The molecule has 0 aliphatic carbocycles. The van der Waals surface area contributed by atoms with Gasteiger partial charge in [0.15, 0.2) is 5.11 Å². The van der Waals surface area contributed by atoms with Crippen molar-refractivity contribution in [1.82, 2.24) is 0 Å². The predicted molar refractivity (Wildman–Crippen MR) is 133 cm³/mol. The standard InChI is InChI=1S/C24H25N3OS2/c1-16-7-10-19(11-8-16)26-24(29)27-20-5-4-6-22(14-20)30-15-23(28)25-21-12-9-17(2)18(3)13-21/h4-14H,15H2,1-3H3,(H,25,28)(H2,26,27,29). The normalized spacial score (nSPS) is 10.4.